The first-order valence-electron chi connectivity index (χ1n) is 8.45. The summed E-state index contributed by atoms with van der Waals surface area (Å²) in [6.45, 7) is 4.43. The van der Waals surface area contributed by atoms with Crippen LogP contribution in [0.4, 0.5) is 5.69 Å². The monoisotopic (exact) mass is 371 g/mol. The van der Waals surface area contributed by atoms with Crippen LogP contribution in [-0.2, 0) is 0 Å². The van der Waals surface area contributed by atoms with Gasteiger partial charge in [0, 0.05) is 17.5 Å². The molecular formula is C18H23Cl2NO3. The quantitative estimate of drug-likeness (QED) is 0.826. The molecule has 2 aliphatic rings. The fourth-order valence-corrected chi connectivity index (χ4v) is 3.99. The van der Waals surface area contributed by atoms with E-state index in [0.717, 1.165) is 30.5 Å². The first-order chi connectivity index (χ1) is 11.4. The van der Waals surface area contributed by atoms with Crippen molar-refractivity contribution in [3.05, 3.63) is 21.7 Å². The summed E-state index contributed by atoms with van der Waals surface area (Å²) in [5, 5.41) is 20.4. The molecule has 132 valence electrons. The van der Waals surface area contributed by atoms with E-state index in [2.05, 4.69) is 11.9 Å². The molecule has 1 aromatic carbocycles. The molecule has 1 heterocycles. The summed E-state index contributed by atoms with van der Waals surface area (Å²) in [6, 6.07) is 1.84. The lowest BCUT2D eigenvalue weighted by Crippen LogP contribution is -2.25. The van der Waals surface area contributed by atoms with Crippen LogP contribution in [0.15, 0.2) is 11.1 Å². The molecule has 0 saturated heterocycles. The number of aliphatic imine (C=N–C) groups is 1. The molecule has 4 atom stereocenters. The van der Waals surface area contributed by atoms with Crippen LogP contribution >= 0.6 is 23.2 Å². The van der Waals surface area contributed by atoms with Crippen LogP contribution in [0.2, 0.25) is 10.0 Å². The number of aliphatic hydroxyl groups excluding tert-OH is 2. The van der Waals surface area contributed by atoms with E-state index in [1.807, 2.05) is 13.0 Å². The molecular weight excluding hydrogens is 349 g/mol. The number of benzene rings is 1. The van der Waals surface area contributed by atoms with E-state index in [1.54, 1.807) is 0 Å². The van der Waals surface area contributed by atoms with Crippen molar-refractivity contribution in [2.75, 3.05) is 13.2 Å². The normalized spacial score (nSPS) is 29.3. The van der Waals surface area contributed by atoms with Crippen LogP contribution in [0.25, 0.3) is 0 Å². The summed E-state index contributed by atoms with van der Waals surface area (Å²) in [7, 11) is 0. The van der Waals surface area contributed by atoms with Gasteiger partial charge in [0.05, 0.1) is 24.3 Å². The lowest BCUT2D eigenvalue weighted by Gasteiger charge is -2.30. The second-order valence-electron chi connectivity index (χ2n) is 6.85. The molecule has 4 unspecified atom stereocenters. The van der Waals surface area contributed by atoms with Gasteiger partial charge >= 0.3 is 0 Å². The molecule has 4 nitrogen and oxygen atoms in total. The lowest BCUT2D eigenvalue weighted by molar-refractivity contribution is 0.0987. The maximum Gasteiger partial charge on any atom is 0.165 e. The van der Waals surface area contributed by atoms with Gasteiger partial charge in [-0.1, -0.05) is 43.5 Å². The van der Waals surface area contributed by atoms with Crippen LogP contribution in [0.1, 0.15) is 44.6 Å². The zero-order chi connectivity index (χ0) is 17.4. The molecule has 0 spiro atoms. The molecule has 0 bridgehead atoms. The van der Waals surface area contributed by atoms with Gasteiger partial charge in [0.2, 0.25) is 0 Å². The zero-order valence-corrected chi connectivity index (χ0v) is 15.4. The third-order valence-corrected chi connectivity index (χ3v) is 6.19. The Hall–Kier alpha value is -0.810. The van der Waals surface area contributed by atoms with E-state index < -0.39 is 0 Å². The SMILES string of the molecule is CC1C(CO)=Nc2c(cc(Cl)c(Cl)c2OCC2CCCC2O)C1C. The van der Waals surface area contributed by atoms with Crippen molar-refractivity contribution in [2.45, 2.75) is 45.1 Å². The minimum atomic E-state index is -0.325. The van der Waals surface area contributed by atoms with E-state index in [1.165, 1.54) is 0 Å². The van der Waals surface area contributed by atoms with Crippen molar-refractivity contribution in [3.63, 3.8) is 0 Å². The van der Waals surface area contributed by atoms with Gasteiger partial charge < -0.3 is 14.9 Å². The topological polar surface area (TPSA) is 62.1 Å². The summed E-state index contributed by atoms with van der Waals surface area (Å²) in [6.07, 6.45) is 2.45. The molecule has 0 radical (unpaired) electrons. The molecule has 0 amide bonds. The summed E-state index contributed by atoms with van der Waals surface area (Å²) in [5.41, 5.74) is 2.36. The fourth-order valence-electron chi connectivity index (χ4n) is 3.59. The van der Waals surface area contributed by atoms with E-state index in [-0.39, 0.29) is 30.5 Å². The Morgan fingerprint density at radius 3 is 2.62 bits per heavy atom. The van der Waals surface area contributed by atoms with E-state index in [9.17, 15) is 10.2 Å². The molecule has 0 aromatic heterocycles. The Balaban J connectivity index is 1.97. The van der Waals surface area contributed by atoms with Gasteiger partial charge in [-0.3, -0.25) is 4.99 Å². The van der Waals surface area contributed by atoms with E-state index in [4.69, 9.17) is 27.9 Å². The molecule has 2 N–H and O–H groups in total. The Bertz CT molecular complexity index is 662. The van der Waals surface area contributed by atoms with Crippen LogP contribution in [-0.4, -0.2) is 35.2 Å². The van der Waals surface area contributed by atoms with Gasteiger partial charge in [-0.15, -0.1) is 0 Å². The molecule has 1 saturated carbocycles. The van der Waals surface area contributed by atoms with Crippen molar-refractivity contribution in [1.82, 2.24) is 0 Å². The third-order valence-electron chi connectivity index (χ3n) is 5.42. The van der Waals surface area contributed by atoms with Gasteiger partial charge in [0.15, 0.2) is 5.75 Å². The van der Waals surface area contributed by atoms with E-state index >= 15 is 0 Å². The molecule has 1 aromatic rings. The van der Waals surface area contributed by atoms with Crippen molar-refractivity contribution < 1.29 is 14.9 Å². The first-order valence-corrected chi connectivity index (χ1v) is 9.20. The average molecular weight is 372 g/mol. The number of nitrogens with zero attached hydrogens (tertiary/aromatic N) is 1. The van der Waals surface area contributed by atoms with Crippen molar-refractivity contribution in [3.8, 4) is 5.75 Å². The van der Waals surface area contributed by atoms with Gasteiger partial charge in [-0.05, 0) is 30.4 Å². The smallest absolute Gasteiger partial charge is 0.165 e. The van der Waals surface area contributed by atoms with Crippen LogP contribution in [0.3, 0.4) is 0 Å². The third kappa shape index (κ3) is 3.17. The Labute approximate surface area is 152 Å². The van der Waals surface area contributed by atoms with Crippen LogP contribution in [0, 0.1) is 11.8 Å². The molecule has 6 heteroatoms. The maximum absolute atomic E-state index is 9.99. The highest BCUT2D eigenvalue weighted by Gasteiger charge is 2.32. The standard InChI is InChI=1S/C18H23Cl2NO3/c1-9-10(2)14(7-22)21-17-12(9)6-13(19)16(20)18(17)24-8-11-4-3-5-15(11)23/h6,9-11,15,22-23H,3-5,7-8H2,1-2H3. The predicted molar refractivity (Wildman–Crippen MR) is 97.1 cm³/mol. The Kier molecular flexibility index (Phi) is 5.40. The predicted octanol–water partition coefficient (Wildman–Crippen LogP) is 4.35. The van der Waals surface area contributed by atoms with Crippen LogP contribution < -0.4 is 4.74 Å². The fraction of sp³-hybridized carbons (Fsp3) is 0.611. The summed E-state index contributed by atoms with van der Waals surface area (Å²) in [5.74, 6) is 0.859. The highest BCUT2D eigenvalue weighted by molar-refractivity contribution is 6.43. The second kappa shape index (κ2) is 7.20. The number of halogens is 2. The first kappa shape index (κ1) is 18.0. The highest BCUT2D eigenvalue weighted by atomic mass is 35.5. The number of ether oxygens (including phenoxy) is 1. The van der Waals surface area contributed by atoms with Crippen molar-refractivity contribution in [1.29, 1.82) is 0 Å². The summed E-state index contributed by atoms with van der Waals surface area (Å²) < 4.78 is 5.98. The average Bonchev–Trinajstić information content (AvgIpc) is 2.97. The molecule has 1 aliphatic carbocycles. The molecule has 24 heavy (non-hydrogen) atoms. The van der Waals surface area contributed by atoms with Crippen molar-refractivity contribution >= 4 is 34.6 Å². The minimum Gasteiger partial charge on any atom is -0.489 e. The zero-order valence-electron chi connectivity index (χ0n) is 13.9. The van der Waals surface area contributed by atoms with Gasteiger partial charge in [0.1, 0.15) is 10.7 Å². The van der Waals surface area contributed by atoms with Gasteiger partial charge in [-0.2, -0.15) is 0 Å². The number of rotatable bonds is 4. The van der Waals surface area contributed by atoms with Gasteiger partial charge in [0.25, 0.3) is 0 Å². The largest absolute Gasteiger partial charge is 0.489 e. The van der Waals surface area contributed by atoms with Crippen LogP contribution in [0.5, 0.6) is 5.75 Å². The number of aliphatic hydroxyl groups is 2. The summed E-state index contributed by atoms with van der Waals surface area (Å²) in [4.78, 5) is 4.60. The van der Waals surface area contributed by atoms with Crippen molar-refractivity contribution in [2.24, 2.45) is 16.8 Å². The molecule has 1 fully saturated rings. The Morgan fingerprint density at radius 1 is 1.25 bits per heavy atom. The molecule has 3 rings (SSSR count). The van der Waals surface area contributed by atoms with Gasteiger partial charge in [-0.25, -0.2) is 0 Å². The number of hydrogen-bond donors (Lipinski definition) is 2. The Morgan fingerprint density at radius 2 is 2.00 bits per heavy atom. The number of hydrogen-bond acceptors (Lipinski definition) is 4. The number of fused-ring (bicyclic) bond motifs is 1. The molecule has 1 aliphatic heterocycles. The second-order valence-corrected chi connectivity index (χ2v) is 7.63. The van der Waals surface area contributed by atoms with E-state index in [0.29, 0.717) is 28.1 Å². The lowest BCUT2D eigenvalue weighted by atomic mass is 9.82. The minimum absolute atomic E-state index is 0.0913. The maximum atomic E-state index is 9.99. The highest BCUT2D eigenvalue weighted by Crippen LogP contribution is 2.49. The summed E-state index contributed by atoms with van der Waals surface area (Å²) >= 11 is 12.7.